The van der Waals surface area contributed by atoms with Gasteiger partial charge in [-0.3, -0.25) is 0 Å². The summed E-state index contributed by atoms with van der Waals surface area (Å²) >= 11 is 0. The monoisotopic (exact) mass is 449 g/mol. The lowest BCUT2D eigenvalue weighted by molar-refractivity contribution is -0.189. The number of ether oxygens (including phenoxy) is 2. The summed E-state index contributed by atoms with van der Waals surface area (Å²) in [5.41, 5.74) is 1.93. The Morgan fingerprint density at radius 3 is 2.72 bits per heavy atom. The summed E-state index contributed by atoms with van der Waals surface area (Å²) in [6, 6.07) is 6.30. The van der Waals surface area contributed by atoms with Crippen LogP contribution in [0, 0.1) is 0 Å². The van der Waals surface area contributed by atoms with Crippen LogP contribution in [0.15, 0.2) is 30.3 Å². The van der Waals surface area contributed by atoms with E-state index >= 15 is 0 Å². The second kappa shape index (κ2) is 8.78. The molecule has 0 saturated heterocycles. The summed E-state index contributed by atoms with van der Waals surface area (Å²) in [4.78, 5) is 11.8. The number of halogens is 3. The molecule has 1 aliphatic heterocycles. The van der Waals surface area contributed by atoms with Crippen molar-refractivity contribution < 1.29 is 32.5 Å². The fourth-order valence-electron chi connectivity index (χ4n) is 3.40. The third kappa shape index (κ3) is 4.85. The van der Waals surface area contributed by atoms with Crippen LogP contribution in [0.2, 0.25) is 0 Å². The molecule has 4 rings (SSSR count). The highest BCUT2D eigenvalue weighted by Gasteiger charge is 2.39. The Bertz CT molecular complexity index is 1050. The van der Waals surface area contributed by atoms with E-state index in [4.69, 9.17) is 9.47 Å². The van der Waals surface area contributed by atoms with Crippen molar-refractivity contribution in [3.63, 3.8) is 0 Å². The average Bonchev–Trinajstić information content (AvgIpc) is 3.60. The third-order valence-electron chi connectivity index (χ3n) is 5.37. The number of aromatic carboxylic acids is 1. The molecule has 0 spiro atoms. The molecule has 2 heterocycles. The first-order valence-electron chi connectivity index (χ1n) is 10.3. The molecular formula is C22H22F3N3O4. The standard InChI is InChI=1S/C22H22F3N3O4/c1-12(22(23,24)25)32-19-15(13-7-9-31-10-8-13)3-2-4-17(19)26-20-16(21(29)30)11-18(27-28-20)14-5-6-14/h2-4,7,11-12,14H,5-6,8-10H2,1H3,(H,26,28)(H,29,30)/t12-/m0/s1. The lowest BCUT2D eigenvalue weighted by atomic mass is 9.99. The summed E-state index contributed by atoms with van der Waals surface area (Å²) in [7, 11) is 0. The van der Waals surface area contributed by atoms with Gasteiger partial charge in [0.25, 0.3) is 0 Å². The van der Waals surface area contributed by atoms with E-state index in [2.05, 4.69) is 15.5 Å². The highest BCUT2D eigenvalue weighted by Crippen LogP contribution is 2.41. The van der Waals surface area contributed by atoms with Gasteiger partial charge in [0.05, 0.1) is 24.6 Å². The van der Waals surface area contributed by atoms with Crippen molar-refractivity contribution in [2.45, 2.75) is 44.4 Å². The highest BCUT2D eigenvalue weighted by atomic mass is 19.4. The predicted molar refractivity (Wildman–Crippen MR) is 110 cm³/mol. The van der Waals surface area contributed by atoms with Crippen LogP contribution in [0.5, 0.6) is 5.75 Å². The number of rotatable bonds is 7. The Balaban J connectivity index is 1.75. The molecule has 1 fully saturated rings. The first kappa shape index (κ1) is 22.1. The average molecular weight is 449 g/mol. The number of carbonyl (C=O) groups is 1. The Labute approximate surface area is 182 Å². The molecule has 1 atom stereocenters. The zero-order valence-corrected chi connectivity index (χ0v) is 17.3. The van der Waals surface area contributed by atoms with Crippen LogP contribution in [0.1, 0.15) is 53.7 Å². The number of nitrogens with zero attached hydrogens (tertiary/aromatic N) is 2. The Morgan fingerprint density at radius 2 is 2.09 bits per heavy atom. The molecule has 2 aliphatic rings. The molecule has 0 unspecified atom stereocenters. The van der Waals surface area contributed by atoms with E-state index in [9.17, 15) is 23.1 Å². The number of benzene rings is 1. The van der Waals surface area contributed by atoms with Gasteiger partial charge in [-0.15, -0.1) is 5.10 Å². The highest BCUT2D eigenvalue weighted by molar-refractivity contribution is 5.94. The minimum Gasteiger partial charge on any atom is -0.478 e. The molecule has 2 aromatic rings. The molecule has 10 heteroatoms. The number of carboxylic acid groups (broad SMARTS) is 1. The molecule has 170 valence electrons. The molecule has 1 aromatic carbocycles. The summed E-state index contributed by atoms with van der Waals surface area (Å²) in [6.07, 6.45) is -2.50. The largest absolute Gasteiger partial charge is 0.478 e. The number of aromatic nitrogens is 2. The van der Waals surface area contributed by atoms with Crippen molar-refractivity contribution in [1.82, 2.24) is 10.2 Å². The lowest BCUT2D eigenvalue weighted by Crippen LogP contribution is -2.31. The molecule has 7 nitrogen and oxygen atoms in total. The molecule has 1 saturated carbocycles. The maximum absolute atomic E-state index is 13.3. The second-order valence-corrected chi connectivity index (χ2v) is 7.77. The van der Waals surface area contributed by atoms with Crippen molar-refractivity contribution in [2.75, 3.05) is 18.5 Å². The molecule has 1 aromatic heterocycles. The van der Waals surface area contributed by atoms with Crippen LogP contribution in [-0.2, 0) is 4.74 Å². The first-order chi connectivity index (χ1) is 15.2. The Kier molecular flexibility index (Phi) is 6.05. The number of nitrogens with one attached hydrogen (secondary N) is 1. The van der Waals surface area contributed by atoms with E-state index in [0.717, 1.165) is 25.3 Å². The van der Waals surface area contributed by atoms with Gasteiger partial charge in [0.2, 0.25) is 0 Å². The molecule has 1 aliphatic carbocycles. The quantitative estimate of drug-likeness (QED) is 0.619. The van der Waals surface area contributed by atoms with Gasteiger partial charge in [-0.25, -0.2) is 4.79 Å². The van der Waals surface area contributed by atoms with Crippen molar-refractivity contribution in [1.29, 1.82) is 0 Å². The fraction of sp³-hybridized carbons (Fsp3) is 0.409. The minimum atomic E-state index is -4.58. The van der Waals surface area contributed by atoms with E-state index in [1.807, 2.05) is 0 Å². The first-order valence-corrected chi connectivity index (χ1v) is 10.3. The number of hydrogen-bond donors (Lipinski definition) is 2. The van der Waals surface area contributed by atoms with E-state index in [1.165, 1.54) is 12.1 Å². The van der Waals surface area contributed by atoms with E-state index in [0.29, 0.717) is 30.9 Å². The molecule has 0 amide bonds. The molecular weight excluding hydrogens is 427 g/mol. The number of carboxylic acids is 1. The molecule has 2 N–H and O–H groups in total. The van der Waals surface area contributed by atoms with E-state index < -0.39 is 18.2 Å². The van der Waals surface area contributed by atoms with Gasteiger partial charge in [0, 0.05) is 11.5 Å². The van der Waals surface area contributed by atoms with Crippen molar-refractivity contribution in [3.05, 3.63) is 47.2 Å². The summed E-state index contributed by atoms with van der Waals surface area (Å²) in [6.45, 7) is 1.71. The van der Waals surface area contributed by atoms with E-state index in [1.54, 1.807) is 18.2 Å². The summed E-state index contributed by atoms with van der Waals surface area (Å²) in [5, 5.41) is 20.6. The van der Waals surface area contributed by atoms with Crippen LogP contribution in [0.4, 0.5) is 24.7 Å². The lowest BCUT2D eigenvalue weighted by Gasteiger charge is -2.24. The topological polar surface area (TPSA) is 93.6 Å². The SMILES string of the molecule is C[C@H](Oc1c(Nc2nnc(C3CC3)cc2C(=O)O)cccc1C1=CCOCC1)C(F)(F)F. The Hall–Kier alpha value is -3.14. The minimum absolute atomic E-state index is 0.0325. The van der Waals surface area contributed by atoms with Crippen LogP contribution in [0.3, 0.4) is 0 Å². The van der Waals surface area contributed by atoms with Crippen LogP contribution < -0.4 is 10.1 Å². The van der Waals surface area contributed by atoms with Gasteiger partial charge in [-0.2, -0.15) is 18.3 Å². The summed E-state index contributed by atoms with van der Waals surface area (Å²) in [5.74, 6) is -1.11. The van der Waals surface area contributed by atoms with Gasteiger partial charge >= 0.3 is 12.1 Å². The van der Waals surface area contributed by atoms with Gasteiger partial charge in [-0.1, -0.05) is 18.2 Å². The van der Waals surface area contributed by atoms with E-state index in [-0.39, 0.29) is 28.7 Å². The van der Waals surface area contributed by atoms with Crippen LogP contribution in [0.25, 0.3) is 5.57 Å². The number of alkyl halides is 3. The zero-order chi connectivity index (χ0) is 22.9. The van der Waals surface area contributed by atoms with Crippen molar-refractivity contribution in [2.24, 2.45) is 0 Å². The van der Waals surface area contributed by atoms with Gasteiger partial charge in [0.15, 0.2) is 17.7 Å². The normalized spacial score (nSPS) is 17.4. The number of hydrogen-bond acceptors (Lipinski definition) is 6. The zero-order valence-electron chi connectivity index (χ0n) is 17.3. The van der Waals surface area contributed by atoms with Crippen molar-refractivity contribution >= 4 is 23.0 Å². The van der Waals surface area contributed by atoms with Crippen molar-refractivity contribution in [3.8, 4) is 5.75 Å². The summed E-state index contributed by atoms with van der Waals surface area (Å²) < 4.78 is 50.5. The fourth-order valence-corrected chi connectivity index (χ4v) is 3.40. The number of anilines is 2. The predicted octanol–water partition coefficient (Wildman–Crippen LogP) is 4.93. The molecule has 32 heavy (non-hydrogen) atoms. The van der Waals surface area contributed by atoms with Gasteiger partial charge < -0.3 is 19.9 Å². The maximum atomic E-state index is 13.3. The molecule has 0 bridgehead atoms. The number of para-hydroxylation sites is 1. The van der Waals surface area contributed by atoms with Crippen LogP contribution >= 0.6 is 0 Å². The maximum Gasteiger partial charge on any atom is 0.425 e. The van der Waals surface area contributed by atoms with Gasteiger partial charge in [0.1, 0.15) is 5.56 Å². The second-order valence-electron chi connectivity index (χ2n) is 7.77. The van der Waals surface area contributed by atoms with Crippen LogP contribution in [-0.4, -0.2) is 46.8 Å². The smallest absolute Gasteiger partial charge is 0.425 e. The van der Waals surface area contributed by atoms with Gasteiger partial charge in [-0.05, 0) is 43.9 Å². The Morgan fingerprint density at radius 1 is 1.31 bits per heavy atom. The third-order valence-corrected chi connectivity index (χ3v) is 5.37. The molecule has 0 radical (unpaired) electrons.